The zero-order valence-corrected chi connectivity index (χ0v) is 18.7. The molecule has 2 atom stereocenters. The Labute approximate surface area is 199 Å². The largest absolute Gasteiger partial charge is 0.405 e. The minimum Gasteiger partial charge on any atom is -0.346 e. The lowest BCUT2D eigenvalue weighted by Gasteiger charge is -2.25. The number of benzene rings is 3. The zero-order chi connectivity index (χ0) is 25.2. The number of amides is 3. The summed E-state index contributed by atoms with van der Waals surface area (Å²) in [5, 5.41) is 4.42. The molecule has 0 saturated heterocycles. The number of hydrogen-bond acceptors (Lipinski definition) is 3. The van der Waals surface area contributed by atoms with Crippen molar-refractivity contribution in [2.24, 2.45) is 0 Å². The van der Waals surface area contributed by atoms with E-state index >= 15 is 0 Å². The molecule has 0 saturated carbocycles. The number of rotatable bonds is 5. The van der Waals surface area contributed by atoms with Crippen LogP contribution in [0.15, 0.2) is 78.9 Å². The summed E-state index contributed by atoms with van der Waals surface area (Å²) in [5.41, 5.74) is 2.88. The third-order valence-corrected chi connectivity index (χ3v) is 5.81. The van der Waals surface area contributed by atoms with Crippen molar-refractivity contribution in [3.63, 3.8) is 0 Å². The fraction of sp³-hybridized carbons (Fsp3) is 0.192. The van der Waals surface area contributed by atoms with Crippen LogP contribution in [0.25, 0.3) is 11.1 Å². The fourth-order valence-corrected chi connectivity index (χ4v) is 4.16. The van der Waals surface area contributed by atoms with Crippen molar-refractivity contribution < 1.29 is 27.6 Å². The van der Waals surface area contributed by atoms with Crippen LogP contribution in [0.4, 0.5) is 18.9 Å². The lowest BCUT2D eigenvalue weighted by molar-refractivity contribution is -0.142. The van der Waals surface area contributed by atoms with Crippen molar-refractivity contribution in [1.29, 1.82) is 0 Å². The molecule has 6 nitrogen and oxygen atoms in total. The molecular weight excluding hydrogens is 459 g/mol. The highest BCUT2D eigenvalue weighted by Crippen LogP contribution is 2.39. The summed E-state index contributed by atoms with van der Waals surface area (Å²) in [6, 6.07) is 20.9. The Morgan fingerprint density at radius 2 is 1.49 bits per heavy atom. The fourth-order valence-electron chi connectivity index (χ4n) is 4.16. The van der Waals surface area contributed by atoms with E-state index in [-0.39, 0.29) is 5.56 Å². The van der Waals surface area contributed by atoms with Gasteiger partial charge in [-0.25, -0.2) is 0 Å². The topological polar surface area (TPSA) is 78.5 Å². The van der Waals surface area contributed by atoms with Gasteiger partial charge in [0.25, 0.3) is 5.91 Å². The normalized spacial score (nSPS) is 15.9. The van der Waals surface area contributed by atoms with E-state index in [1.807, 2.05) is 24.3 Å². The quantitative estimate of drug-likeness (QED) is 0.542. The minimum atomic E-state index is -4.64. The van der Waals surface area contributed by atoms with Crippen molar-refractivity contribution >= 4 is 23.4 Å². The van der Waals surface area contributed by atoms with Gasteiger partial charge in [0.1, 0.15) is 18.5 Å². The first-order chi connectivity index (χ1) is 16.7. The van der Waals surface area contributed by atoms with Crippen LogP contribution in [0.2, 0.25) is 0 Å². The molecule has 0 spiro atoms. The van der Waals surface area contributed by atoms with E-state index in [4.69, 9.17) is 0 Å². The van der Waals surface area contributed by atoms with E-state index in [1.165, 1.54) is 17.0 Å². The maximum Gasteiger partial charge on any atom is 0.405 e. The molecule has 2 N–H and O–H groups in total. The van der Waals surface area contributed by atoms with Crippen LogP contribution in [-0.4, -0.2) is 37.5 Å². The summed E-state index contributed by atoms with van der Waals surface area (Å²) < 4.78 is 38.2. The van der Waals surface area contributed by atoms with Gasteiger partial charge in [0, 0.05) is 12.6 Å². The highest BCUT2D eigenvalue weighted by molar-refractivity contribution is 6.10. The Balaban J connectivity index is 1.71. The number of halogens is 3. The van der Waals surface area contributed by atoms with Gasteiger partial charge >= 0.3 is 6.18 Å². The first kappa shape index (κ1) is 24.0. The van der Waals surface area contributed by atoms with Gasteiger partial charge in [-0.1, -0.05) is 72.8 Å². The van der Waals surface area contributed by atoms with E-state index in [2.05, 4.69) is 5.32 Å². The van der Waals surface area contributed by atoms with Gasteiger partial charge < -0.3 is 15.5 Å². The molecular formula is C26H22F3N3O3. The molecule has 0 aliphatic carbocycles. The molecule has 1 heterocycles. The summed E-state index contributed by atoms with van der Waals surface area (Å²) in [6.45, 7) is -1.58. The average molecular weight is 481 g/mol. The second-order valence-electron chi connectivity index (χ2n) is 8.12. The smallest absolute Gasteiger partial charge is 0.346 e. The Bertz CT molecular complexity index is 1260. The number of likely N-dealkylation sites (N-methyl/N-ethyl adjacent to an activating group) is 1. The molecule has 0 unspecified atom stereocenters. The van der Waals surface area contributed by atoms with Crippen molar-refractivity contribution in [3.05, 3.63) is 90.0 Å². The lowest BCUT2D eigenvalue weighted by atomic mass is 9.93. The van der Waals surface area contributed by atoms with E-state index in [0.29, 0.717) is 11.3 Å². The SMILES string of the molecule is CN1C(=O)[C@@H](NC(=O)[C@@H](C(=O)NCC(F)(F)F)c2ccccc2)c2ccccc2-c2ccccc21. The van der Waals surface area contributed by atoms with Gasteiger partial charge in [0.05, 0.1) is 5.69 Å². The Morgan fingerprint density at radius 3 is 2.17 bits per heavy atom. The van der Waals surface area contributed by atoms with Crippen LogP contribution in [0.1, 0.15) is 23.1 Å². The molecule has 35 heavy (non-hydrogen) atoms. The van der Waals surface area contributed by atoms with Gasteiger partial charge in [0.15, 0.2) is 0 Å². The molecule has 3 amide bonds. The molecule has 1 aliphatic rings. The van der Waals surface area contributed by atoms with E-state index < -0.39 is 42.4 Å². The van der Waals surface area contributed by atoms with Crippen molar-refractivity contribution in [1.82, 2.24) is 10.6 Å². The number of carbonyl (C=O) groups is 3. The molecule has 0 bridgehead atoms. The second kappa shape index (κ2) is 9.61. The van der Waals surface area contributed by atoms with Crippen molar-refractivity contribution in [3.8, 4) is 11.1 Å². The number of fused-ring (bicyclic) bond motifs is 3. The van der Waals surface area contributed by atoms with Crippen LogP contribution in [0.3, 0.4) is 0 Å². The van der Waals surface area contributed by atoms with Crippen LogP contribution in [-0.2, 0) is 14.4 Å². The van der Waals surface area contributed by atoms with E-state index in [1.54, 1.807) is 54.8 Å². The molecule has 0 aromatic heterocycles. The highest BCUT2D eigenvalue weighted by Gasteiger charge is 2.38. The molecule has 4 rings (SSSR count). The van der Waals surface area contributed by atoms with Crippen LogP contribution in [0, 0.1) is 0 Å². The summed E-state index contributed by atoms with van der Waals surface area (Å²) in [6.07, 6.45) is -4.64. The summed E-state index contributed by atoms with van der Waals surface area (Å²) in [4.78, 5) is 41.0. The van der Waals surface area contributed by atoms with Crippen molar-refractivity contribution in [2.75, 3.05) is 18.5 Å². The van der Waals surface area contributed by atoms with Gasteiger partial charge in [-0.2, -0.15) is 13.2 Å². The van der Waals surface area contributed by atoms with E-state index in [0.717, 1.165) is 11.1 Å². The molecule has 3 aromatic rings. The summed E-state index contributed by atoms with van der Waals surface area (Å²) in [5.74, 6) is -4.03. The maximum atomic E-state index is 13.5. The van der Waals surface area contributed by atoms with E-state index in [9.17, 15) is 27.6 Å². The predicted molar refractivity (Wildman–Crippen MR) is 124 cm³/mol. The lowest BCUT2D eigenvalue weighted by Crippen LogP contribution is -2.46. The molecule has 0 radical (unpaired) electrons. The number of carbonyl (C=O) groups excluding carboxylic acids is 3. The van der Waals surface area contributed by atoms with Crippen molar-refractivity contribution in [2.45, 2.75) is 18.1 Å². The third kappa shape index (κ3) is 5.03. The molecule has 9 heteroatoms. The first-order valence-corrected chi connectivity index (χ1v) is 10.8. The van der Waals surface area contributed by atoms with Gasteiger partial charge in [-0.15, -0.1) is 0 Å². The standard InChI is InChI=1S/C26H22F3N3O3/c1-32-20-14-8-7-12-18(20)17-11-5-6-13-19(17)22(25(32)35)31-24(34)21(16-9-3-2-4-10-16)23(33)30-15-26(27,28)29/h2-14,21-22H,15H2,1H3,(H,30,33)(H,31,34)/t21-,22+/m1/s1. The second-order valence-corrected chi connectivity index (χ2v) is 8.12. The molecule has 3 aromatic carbocycles. The average Bonchev–Trinajstić information content (AvgIpc) is 2.93. The van der Waals surface area contributed by atoms with Crippen LogP contribution < -0.4 is 15.5 Å². The summed E-state index contributed by atoms with van der Waals surface area (Å²) in [7, 11) is 1.58. The van der Waals surface area contributed by atoms with Crippen LogP contribution in [0.5, 0.6) is 0 Å². The number of anilines is 1. The molecule has 1 aliphatic heterocycles. The Kier molecular flexibility index (Phi) is 6.59. The predicted octanol–water partition coefficient (Wildman–Crippen LogP) is 3.95. The Hall–Kier alpha value is -4.14. The maximum absolute atomic E-state index is 13.5. The number of nitrogens with zero attached hydrogens (tertiary/aromatic N) is 1. The van der Waals surface area contributed by atoms with Gasteiger partial charge in [-0.05, 0) is 22.8 Å². The number of hydrogen-bond donors (Lipinski definition) is 2. The summed E-state index contributed by atoms with van der Waals surface area (Å²) >= 11 is 0. The van der Waals surface area contributed by atoms with Gasteiger partial charge in [-0.3, -0.25) is 14.4 Å². The number of para-hydroxylation sites is 1. The van der Waals surface area contributed by atoms with Gasteiger partial charge in [0.2, 0.25) is 11.8 Å². The van der Waals surface area contributed by atoms with Crippen LogP contribution >= 0.6 is 0 Å². The number of nitrogens with one attached hydrogen (secondary N) is 2. The number of alkyl halides is 3. The first-order valence-electron chi connectivity index (χ1n) is 10.8. The monoisotopic (exact) mass is 481 g/mol. The molecule has 180 valence electrons. The highest BCUT2D eigenvalue weighted by atomic mass is 19.4. The Morgan fingerprint density at radius 1 is 0.886 bits per heavy atom. The molecule has 0 fully saturated rings. The third-order valence-electron chi connectivity index (χ3n) is 5.81. The minimum absolute atomic E-state index is 0.204. The zero-order valence-electron chi connectivity index (χ0n) is 18.7.